The van der Waals surface area contributed by atoms with Gasteiger partial charge in [0.1, 0.15) is 10.3 Å². The second kappa shape index (κ2) is 6.12. The van der Waals surface area contributed by atoms with E-state index in [4.69, 9.17) is 4.74 Å². The Balaban J connectivity index is 2.46. The maximum Gasteiger partial charge on any atom is 0.265 e. The Labute approximate surface area is 120 Å². The molecule has 0 atom stereocenters. The number of benzene rings is 1. The maximum atomic E-state index is 11.8. The van der Waals surface area contributed by atoms with Gasteiger partial charge in [-0.05, 0) is 27.9 Å². The number of hydrogen-bond donors (Lipinski definition) is 1. The monoisotopic (exact) mass is 322 g/mol. The lowest BCUT2D eigenvalue weighted by atomic mass is 10.1. The summed E-state index contributed by atoms with van der Waals surface area (Å²) in [6, 6.07) is 7.99. The number of aromatic nitrogens is 2. The average Bonchev–Trinajstić information content (AvgIpc) is 2.44. The van der Waals surface area contributed by atoms with Crippen molar-refractivity contribution in [1.29, 1.82) is 0 Å². The van der Waals surface area contributed by atoms with Gasteiger partial charge in [0.2, 0.25) is 0 Å². The SMILES string of the molecule is CCc1ccc(-c2nc(COC)c(Br)c(=O)[nH]2)cc1. The molecule has 1 aromatic carbocycles. The summed E-state index contributed by atoms with van der Waals surface area (Å²) in [5.41, 5.74) is 2.54. The predicted molar refractivity (Wildman–Crippen MR) is 78.1 cm³/mol. The van der Waals surface area contributed by atoms with E-state index in [1.165, 1.54) is 5.56 Å². The van der Waals surface area contributed by atoms with Gasteiger partial charge in [0.15, 0.2) is 0 Å². The quantitative estimate of drug-likeness (QED) is 0.941. The Morgan fingerprint density at radius 3 is 2.58 bits per heavy atom. The second-order valence-corrected chi connectivity index (χ2v) is 4.95. The zero-order valence-corrected chi connectivity index (χ0v) is 12.5. The van der Waals surface area contributed by atoms with Gasteiger partial charge in [0.25, 0.3) is 5.56 Å². The van der Waals surface area contributed by atoms with Crippen LogP contribution in [-0.4, -0.2) is 17.1 Å². The summed E-state index contributed by atoms with van der Waals surface area (Å²) in [6.45, 7) is 2.40. The fourth-order valence-corrected chi connectivity index (χ4v) is 2.08. The normalized spacial score (nSPS) is 10.7. The molecule has 100 valence electrons. The fourth-order valence-electron chi connectivity index (χ4n) is 1.77. The Hall–Kier alpha value is -1.46. The van der Waals surface area contributed by atoms with Gasteiger partial charge >= 0.3 is 0 Å². The highest BCUT2D eigenvalue weighted by Crippen LogP contribution is 2.18. The number of methoxy groups -OCH3 is 1. The van der Waals surface area contributed by atoms with Crippen molar-refractivity contribution in [3.05, 3.63) is 50.3 Å². The lowest BCUT2D eigenvalue weighted by Crippen LogP contribution is -2.14. The fraction of sp³-hybridized carbons (Fsp3) is 0.286. The van der Waals surface area contributed by atoms with Crippen molar-refractivity contribution in [1.82, 2.24) is 9.97 Å². The van der Waals surface area contributed by atoms with E-state index in [0.717, 1.165) is 12.0 Å². The molecule has 0 amide bonds. The summed E-state index contributed by atoms with van der Waals surface area (Å²) in [5, 5.41) is 0. The Morgan fingerprint density at radius 2 is 2.00 bits per heavy atom. The van der Waals surface area contributed by atoms with Gasteiger partial charge in [0, 0.05) is 12.7 Å². The number of aryl methyl sites for hydroxylation is 1. The number of nitrogens with one attached hydrogen (secondary N) is 1. The van der Waals surface area contributed by atoms with Crippen LogP contribution in [0.15, 0.2) is 33.5 Å². The first-order valence-corrected chi connectivity index (χ1v) is 6.82. The van der Waals surface area contributed by atoms with Crippen molar-refractivity contribution in [2.75, 3.05) is 7.11 Å². The number of ether oxygens (including phenoxy) is 1. The molecule has 0 saturated carbocycles. The lowest BCUT2D eigenvalue weighted by Gasteiger charge is -2.06. The minimum atomic E-state index is -0.198. The van der Waals surface area contributed by atoms with Gasteiger partial charge in [-0.2, -0.15) is 0 Å². The summed E-state index contributed by atoms with van der Waals surface area (Å²) >= 11 is 3.22. The first-order valence-electron chi connectivity index (χ1n) is 6.02. The molecule has 2 rings (SSSR count). The summed E-state index contributed by atoms with van der Waals surface area (Å²) in [5.74, 6) is 0.558. The third-order valence-electron chi connectivity index (χ3n) is 2.85. The maximum absolute atomic E-state index is 11.8. The molecular weight excluding hydrogens is 308 g/mol. The number of halogens is 1. The molecule has 1 N–H and O–H groups in total. The summed E-state index contributed by atoms with van der Waals surface area (Å²) in [6.07, 6.45) is 0.986. The number of H-pyrrole nitrogens is 1. The van der Waals surface area contributed by atoms with Gasteiger partial charge in [-0.25, -0.2) is 4.98 Å². The van der Waals surface area contributed by atoms with Crippen LogP contribution in [0.2, 0.25) is 0 Å². The van der Waals surface area contributed by atoms with Crippen molar-refractivity contribution in [3.63, 3.8) is 0 Å². The van der Waals surface area contributed by atoms with E-state index in [0.29, 0.717) is 22.6 Å². The summed E-state index contributed by atoms with van der Waals surface area (Å²) < 4.78 is 5.47. The smallest absolute Gasteiger partial charge is 0.265 e. The minimum absolute atomic E-state index is 0.198. The molecule has 0 unspecified atom stereocenters. The largest absolute Gasteiger partial charge is 0.378 e. The zero-order valence-electron chi connectivity index (χ0n) is 10.9. The molecule has 5 heteroatoms. The summed E-state index contributed by atoms with van der Waals surface area (Å²) in [7, 11) is 1.57. The van der Waals surface area contributed by atoms with Gasteiger partial charge < -0.3 is 9.72 Å². The Kier molecular flexibility index (Phi) is 4.50. The van der Waals surface area contributed by atoms with Crippen molar-refractivity contribution in [2.24, 2.45) is 0 Å². The number of rotatable bonds is 4. The predicted octanol–water partition coefficient (Wildman–Crippen LogP) is 2.91. The molecule has 0 radical (unpaired) electrons. The van der Waals surface area contributed by atoms with Crippen LogP contribution in [0.1, 0.15) is 18.2 Å². The minimum Gasteiger partial charge on any atom is -0.378 e. The van der Waals surface area contributed by atoms with Gasteiger partial charge in [0.05, 0.1) is 12.3 Å². The van der Waals surface area contributed by atoms with Crippen LogP contribution < -0.4 is 5.56 Å². The standard InChI is InChI=1S/C14H15BrN2O2/c1-3-9-4-6-10(7-5-9)13-16-11(8-19-2)12(15)14(18)17-13/h4-7H,3,8H2,1-2H3,(H,16,17,18). The van der Waals surface area contributed by atoms with E-state index in [2.05, 4.69) is 32.8 Å². The van der Waals surface area contributed by atoms with Crippen LogP contribution in [0, 0.1) is 0 Å². The van der Waals surface area contributed by atoms with Crippen LogP contribution in [0.25, 0.3) is 11.4 Å². The third kappa shape index (κ3) is 3.11. The van der Waals surface area contributed by atoms with E-state index in [1.807, 2.05) is 24.3 Å². The molecule has 1 aromatic heterocycles. The first-order chi connectivity index (χ1) is 9.15. The molecule has 0 fully saturated rings. The van der Waals surface area contributed by atoms with Crippen LogP contribution in [0.3, 0.4) is 0 Å². The molecule has 19 heavy (non-hydrogen) atoms. The van der Waals surface area contributed by atoms with Gasteiger partial charge in [-0.15, -0.1) is 0 Å². The highest BCUT2D eigenvalue weighted by Gasteiger charge is 2.10. The third-order valence-corrected chi connectivity index (χ3v) is 3.67. The molecule has 1 heterocycles. The van der Waals surface area contributed by atoms with Crippen molar-refractivity contribution in [2.45, 2.75) is 20.0 Å². The van der Waals surface area contributed by atoms with Crippen LogP contribution in [0.4, 0.5) is 0 Å². The molecule has 0 aliphatic rings. The highest BCUT2D eigenvalue weighted by molar-refractivity contribution is 9.10. The van der Waals surface area contributed by atoms with E-state index in [-0.39, 0.29) is 5.56 Å². The summed E-state index contributed by atoms with van der Waals surface area (Å²) in [4.78, 5) is 19.0. The number of nitrogens with zero attached hydrogens (tertiary/aromatic N) is 1. The first kappa shape index (κ1) is 14.0. The highest BCUT2D eigenvalue weighted by atomic mass is 79.9. The molecule has 0 aliphatic carbocycles. The van der Waals surface area contributed by atoms with Crippen LogP contribution in [-0.2, 0) is 17.8 Å². The number of aromatic amines is 1. The van der Waals surface area contributed by atoms with E-state index >= 15 is 0 Å². The van der Waals surface area contributed by atoms with Crippen molar-refractivity contribution in [3.8, 4) is 11.4 Å². The Morgan fingerprint density at radius 1 is 1.32 bits per heavy atom. The molecule has 0 aliphatic heterocycles. The molecule has 2 aromatic rings. The zero-order chi connectivity index (χ0) is 13.8. The van der Waals surface area contributed by atoms with Crippen LogP contribution >= 0.6 is 15.9 Å². The van der Waals surface area contributed by atoms with Gasteiger partial charge in [-0.3, -0.25) is 4.79 Å². The second-order valence-electron chi connectivity index (χ2n) is 4.16. The molecule has 0 spiro atoms. The van der Waals surface area contributed by atoms with Gasteiger partial charge in [-0.1, -0.05) is 31.2 Å². The molecule has 0 saturated heterocycles. The van der Waals surface area contributed by atoms with Crippen molar-refractivity contribution < 1.29 is 4.74 Å². The van der Waals surface area contributed by atoms with E-state index in [1.54, 1.807) is 7.11 Å². The molecular formula is C14H15BrN2O2. The van der Waals surface area contributed by atoms with E-state index in [9.17, 15) is 4.79 Å². The van der Waals surface area contributed by atoms with E-state index < -0.39 is 0 Å². The topological polar surface area (TPSA) is 55.0 Å². The Bertz CT molecular complexity index is 620. The molecule has 0 bridgehead atoms. The average molecular weight is 323 g/mol. The molecule has 4 nitrogen and oxygen atoms in total. The van der Waals surface area contributed by atoms with Crippen molar-refractivity contribution >= 4 is 15.9 Å². The van der Waals surface area contributed by atoms with Crippen LogP contribution in [0.5, 0.6) is 0 Å². The lowest BCUT2D eigenvalue weighted by molar-refractivity contribution is 0.180. The number of hydrogen-bond acceptors (Lipinski definition) is 3.